The van der Waals surface area contributed by atoms with Gasteiger partial charge in [0.1, 0.15) is 0 Å². The van der Waals surface area contributed by atoms with E-state index in [0.717, 1.165) is 16.5 Å². The van der Waals surface area contributed by atoms with E-state index in [0.29, 0.717) is 12.2 Å². The number of carbonyl (C=O) groups excluding carboxylic acids is 2. The Kier molecular flexibility index (Phi) is 4.72. The van der Waals surface area contributed by atoms with E-state index in [-0.39, 0.29) is 17.9 Å². The molecule has 2 amide bonds. The first-order valence-corrected chi connectivity index (χ1v) is 9.85. The van der Waals surface area contributed by atoms with Crippen molar-refractivity contribution in [2.45, 2.75) is 18.8 Å². The van der Waals surface area contributed by atoms with Gasteiger partial charge >= 0.3 is 0 Å². The Morgan fingerprint density at radius 2 is 1.77 bits per heavy atom. The summed E-state index contributed by atoms with van der Waals surface area (Å²) in [6.07, 6.45) is 8.06. The van der Waals surface area contributed by atoms with Crippen LogP contribution >= 0.6 is 0 Å². The van der Waals surface area contributed by atoms with Crippen LogP contribution in [0.5, 0.6) is 0 Å². The average molecular weight is 400 g/mol. The number of nitrogens with one attached hydrogen (secondary N) is 2. The van der Waals surface area contributed by atoms with Crippen LogP contribution in [0.25, 0.3) is 10.9 Å². The second-order valence-corrected chi connectivity index (χ2v) is 7.48. The summed E-state index contributed by atoms with van der Waals surface area (Å²) < 4.78 is 5.84. The van der Waals surface area contributed by atoms with Crippen LogP contribution in [-0.4, -0.2) is 34.0 Å². The summed E-state index contributed by atoms with van der Waals surface area (Å²) in [5.74, 6) is -1.58. The monoisotopic (exact) mass is 400 g/mol. The molecule has 0 unspecified atom stereocenters. The molecule has 4 atom stereocenters. The molecule has 2 aliphatic rings. The van der Waals surface area contributed by atoms with Crippen LogP contribution in [-0.2, 0) is 20.9 Å². The third-order valence-electron chi connectivity index (χ3n) is 5.57. The smallest absolute Gasteiger partial charge is 0.231 e. The largest absolute Gasteiger partial charge is 0.365 e. The number of hydrogen-bond donors (Lipinski definition) is 2. The number of aromatic nitrogens is 2. The molecule has 7 nitrogen and oxygen atoms in total. The number of benzene rings is 1. The first kappa shape index (κ1) is 18.4. The zero-order valence-corrected chi connectivity index (χ0v) is 16.1. The Morgan fingerprint density at radius 1 is 0.967 bits per heavy atom. The van der Waals surface area contributed by atoms with Gasteiger partial charge in [-0.05, 0) is 35.9 Å². The maximum Gasteiger partial charge on any atom is 0.231 e. The van der Waals surface area contributed by atoms with E-state index in [1.165, 1.54) is 0 Å². The number of anilines is 1. The summed E-state index contributed by atoms with van der Waals surface area (Å²) in [5.41, 5.74) is 2.42. The summed E-state index contributed by atoms with van der Waals surface area (Å²) in [6, 6.07) is 13.1. The van der Waals surface area contributed by atoms with Crippen molar-refractivity contribution in [2.75, 3.05) is 5.32 Å². The van der Waals surface area contributed by atoms with Gasteiger partial charge in [0.25, 0.3) is 0 Å². The van der Waals surface area contributed by atoms with Crippen molar-refractivity contribution in [1.82, 2.24) is 15.3 Å². The average Bonchev–Trinajstić information content (AvgIpc) is 3.40. The predicted octanol–water partition coefficient (Wildman–Crippen LogP) is 2.45. The number of carbonyl (C=O) groups is 2. The lowest BCUT2D eigenvalue weighted by atomic mass is 9.81. The molecule has 1 saturated heterocycles. The quantitative estimate of drug-likeness (QED) is 0.642. The van der Waals surface area contributed by atoms with E-state index in [1.54, 1.807) is 18.6 Å². The van der Waals surface area contributed by atoms with Gasteiger partial charge in [0, 0.05) is 36.2 Å². The fourth-order valence-electron chi connectivity index (χ4n) is 4.12. The van der Waals surface area contributed by atoms with E-state index in [9.17, 15) is 9.59 Å². The minimum atomic E-state index is -0.585. The van der Waals surface area contributed by atoms with Gasteiger partial charge in [0.05, 0.1) is 29.6 Å². The summed E-state index contributed by atoms with van der Waals surface area (Å²) in [7, 11) is 0. The molecule has 0 aliphatic carbocycles. The van der Waals surface area contributed by atoms with Crippen LogP contribution in [0.4, 0.5) is 5.69 Å². The van der Waals surface area contributed by atoms with Crippen molar-refractivity contribution in [3.63, 3.8) is 0 Å². The molecule has 1 aromatic carbocycles. The fraction of sp³-hybridized carbons (Fsp3) is 0.217. The summed E-state index contributed by atoms with van der Waals surface area (Å²) in [5, 5.41) is 6.80. The number of amides is 2. The first-order valence-electron chi connectivity index (χ1n) is 9.85. The van der Waals surface area contributed by atoms with Gasteiger partial charge in [0.15, 0.2) is 0 Å². The second kappa shape index (κ2) is 7.68. The van der Waals surface area contributed by atoms with Crippen LogP contribution in [0.1, 0.15) is 5.56 Å². The van der Waals surface area contributed by atoms with Crippen molar-refractivity contribution >= 4 is 28.4 Å². The summed E-state index contributed by atoms with van der Waals surface area (Å²) in [4.78, 5) is 34.4. The predicted molar refractivity (Wildman–Crippen MR) is 111 cm³/mol. The molecule has 2 aliphatic heterocycles. The van der Waals surface area contributed by atoms with E-state index < -0.39 is 17.9 Å². The highest BCUT2D eigenvalue weighted by atomic mass is 16.5. The number of rotatable bonds is 5. The topological polar surface area (TPSA) is 93.2 Å². The van der Waals surface area contributed by atoms with Gasteiger partial charge in [-0.15, -0.1) is 0 Å². The molecular formula is C23H20N4O3. The number of fused-ring (bicyclic) bond motifs is 3. The molecule has 5 rings (SSSR count). The number of nitrogens with zero attached hydrogens (tertiary/aromatic N) is 2. The standard InChI is InChI=1S/C23H20N4O3/c28-22(26-13-14-3-1-9-24-12-14)20-18-7-8-19(30-18)21(20)23(29)27-16-5-6-17-15(11-16)4-2-10-25-17/h1-12,18-21H,13H2,(H,26,28)(H,27,29)/t18-,19+,20+,21-/m1/s1. The van der Waals surface area contributed by atoms with Crippen molar-refractivity contribution in [1.29, 1.82) is 0 Å². The van der Waals surface area contributed by atoms with E-state index in [2.05, 4.69) is 20.6 Å². The van der Waals surface area contributed by atoms with Gasteiger partial charge in [-0.3, -0.25) is 19.6 Å². The third-order valence-corrected chi connectivity index (χ3v) is 5.57. The molecular weight excluding hydrogens is 380 g/mol. The zero-order valence-electron chi connectivity index (χ0n) is 16.1. The van der Waals surface area contributed by atoms with Crippen molar-refractivity contribution in [3.8, 4) is 0 Å². The zero-order chi connectivity index (χ0) is 20.5. The van der Waals surface area contributed by atoms with Crippen molar-refractivity contribution in [2.24, 2.45) is 11.8 Å². The van der Waals surface area contributed by atoms with Crippen LogP contribution in [0.3, 0.4) is 0 Å². The Morgan fingerprint density at radius 3 is 2.57 bits per heavy atom. The van der Waals surface area contributed by atoms with Gasteiger partial charge in [-0.25, -0.2) is 0 Å². The molecule has 150 valence electrons. The highest BCUT2D eigenvalue weighted by molar-refractivity contribution is 5.99. The maximum atomic E-state index is 13.1. The molecule has 2 aromatic heterocycles. The minimum Gasteiger partial charge on any atom is -0.365 e. The molecule has 2 N–H and O–H groups in total. The number of hydrogen-bond acceptors (Lipinski definition) is 5. The first-order chi connectivity index (χ1) is 14.7. The van der Waals surface area contributed by atoms with E-state index >= 15 is 0 Å². The molecule has 0 spiro atoms. The van der Waals surface area contributed by atoms with E-state index in [1.807, 2.05) is 54.6 Å². The van der Waals surface area contributed by atoms with Crippen LogP contribution < -0.4 is 10.6 Å². The molecule has 2 bridgehead atoms. The van der Waals surface area contributed by atoms with Crippen molar-refractivity contribution in [3.05, 3.63) is 78.8 Å². The maximum absolute atomic E-state index is 13.1. The lowest BCUT2D eigenvalue weighted by Gasteiger charge is -2.23. The van der Waals surface area contributed by atoms with Gasteiger partial charge in [-0.1, -0.05) is 24.3 Å². The van der Waals surface area contributed by atoms with Crippen LogP contribution in [0.2, 0.25) is 0 Å². The lowest BCUT2D eigenvalue weighted by molar-refractivity contribution is -0.131. The molecule has 4 heterocycles. The highest BCUT2D eigenvalue weighted by Gasteiger charge is 2.52. The molecule has 30 heavy (non-hydrogen) atoms. The second-order valence-electron chi connectivity index (χ2n) is 7.48. The highest BCUT2D eigenvalue weighted by Crippen LogP contribution is 2.40. The molecule has 1 fully saturated rings. The van der Waals surface area contributed by atoms with Gasteiger partial charge < -0.3 is 15.4 Å². The van der Waals surface area contributed by atoms with Crippen LogP contribution in [0, 0.1) is 11.8 Å². The SMILES string of the molecule is O=C(NCc1cccnc1)[C@@H]1[C@H](C(=O)Nc2ccc3ncccc3c2)[C@@H]2C=C[C@H]1O2. The molecule has 0 saturated carbocycles. The lowest BCUT2D eigenvalue weighted by Crippen LogP contribution is -2.44. The van der Waals surface area contributed by atoms with Crippen molar-refractivity contribution < 1.29 is 14.3 Å². The Hall–Kier alpha value is -3.58. The Bertz CT molecular complexity index is 1130. The molecule has 0 radical (unpaired) electrons. The Labute approximate surface area is 173 Å². The molecule has 7 heteroatoms. The number of pyridine rings is 2. The molecule has 3 aromatic rings. The van der Waals surface area contributed by atoms with Gasteiger partial charge in [0.2, 0.25) is 11.8 Å². The number of ether oxygens (including phenoxy) is 1. The Balaban J connectivity index is 1.31. The normalized spacial score (nSPS) is 24.1. The third kappa shape index (κ3) is 3.44. The summed E-state index contributed by atoms with van der Waals surface area (Å²) >= 11 is 0. The fourth-order valence-corrected chi connectivity index (χ4v) is 4.12. The van der Waals surface area contributed by atoms with Crippen LogP contribution in [0.15, 0.2) is 73.2 Å². The summed E-state index contributed by atoms with van der Waals surface area (Å²) in [6.45, 7) is 0.357. The van der Waals surface area contributed by atoms with E-state index in [4.69, 9.17) is 4.74 Å². The minimum absolute atomic E-state index is 0.196. The van der Waals surface area contributed by atoms with Gasteiger partial charge in [-0.2, -0.15) is 0 Å².